The van der Waals surface area contributed by atoms with Crippen molar-refractivity contribution in [3.63, 3.8) is 0 Å². The Morgan fingerprint density at radius 3 is 1.41 bits per heavy atom. The number of para-hydroxylation sites is 2. The van der Waals surface area contributed by atoms with E-state index in [0.717, 1.165) is 24.3 Å². The highest BCUT2D eigenvalue weighted by atomic mass is 31.2. The van der Waals surface area contributed by atoms with Crippen LogP contribution in [0.5, 0.6) is 11.5 Å². The lowest BCUT2D eigenvalue weighted by molar-refractivity contribution is -0.276. The predicted molar refractivity (Wildman–Crippen MR) is 85.7 cm³/mol. The molecule has 0 atom stereocenters. The van der Waals surface area contributed by atoms with Gasteiger partial charge in [-0.3, -0.25) is 9.05 Å². The predicted octanol–water partition coefficient (Wildman–Crippen LogP) is 5.32. The van der Waals surface area contributed by atoms with E-state index >= 15 is 0 Å². The first-order valence-electron chi connectivity index (χ1n) is 7.64. The second kappa shape index (κ2) is 9.04. The molecular weight excluding hydrogens is 433 g/mol. The summed E-state index contributed by atoms with van der Waals surface area (Å²) in [5.74, 6) is -1.30. The number of hydrogen-bond acceptors (Lipinski definition) is 5. The van der Waals surface area contributed by atoms with Crippen molar-refractivity contribution in [2.45, 2.75) is 25.9 Å². The monoisotopic (exact) mass is 446 g/mol. The minimum Gasteiger partial charge on any atom is -0.405 e. The molecule has 0 aliphatic rings. The number of benzene rings is 2. The molecule has 0 aliphatic carbocycles. The van der Waals surface area contributed by atoms with E-state index in [1.807, 2.05) is 0 Å². The van der Waals surface area contributed by atoms with Gasteiger partial charge in [-0.25, -0.2) is 4.57 Å². The molecule has 2 aromatic carbocycles. The lowest BCUT2D eigenvalue weighted by Crippen LogP contribution is -2.18. The Kier molecular flexibility index (Phi) is 7.17. The zero-order valence-corrected chi connectivity index (χ0v) is 15.1. The van der Waals surface area contributed by atoms with Crippen molar-refractivity contribution in [2.75, 3.05) is 0 Å². The normalized spacial score (nSPS) is 12.7. The maximum atomic E-state index is 12.4. The molecule has 29 heavy (non-hydrogen) atoms. The van der Waals surface area contributed by atoms with Gasteiger partial charge in [0.1, 0.15) is 11.5 Å². The third-order valence-electron chi connectivity index (χ3n) is 3.16. The van der Waals surface area contributed by atoms with Crippen LogP contribution in [0.15, 0.2) is 48.5 Å². The van der Waals surface area contributed by atoms with Crippen LogP contribution in [-0.2, 0) is 26.8 Å². The summed E-state index contributed by atoms with van der Waals surface area (Å²) in [6, 6.07) is 9.45. The van der Waals surface area contributed by atoms with Crippen LogP contribution in [0.25, 0.3) is 0 Å². The van der Waals surface area contributed by atoms with Crippen LogP contribution in [0.1, 0.15) is 11.1 Å². The molecule has 0 unspecified atom stereocenters. The molecule has 0 amide bonds. The minimum atomic E-state index is -4.99. The molecule has 1 N–H and O–H groups in total. The zero-order chi connectivity index (χ0) is 21.7. The molecule has 0 bridgehead atoms. The highest BCUT2D eigenvalue weighted by Gasteiger charge is 2.33. The van der Waals surface area contributed by atoms with Crippen molar-refractivity contribution in [3.05, 3.63) is 59.7 Å². The average molecular weight is 446 g/mol. The molecular formula is C16H13F6O6P. The van der Waals surface area contributed by atoms with E-state index < -0.39 is 45.3 Å². The molecule has 0 saturated carbocycles. The second-order valence-electron chi connectivity index (χ2n) is 5.33. The summed E-state index contributed by atoms with van der Waals surface area (Å²) in [7, 11) is -4.84. The standard InChI is InChI=1S/C16H13F6O6P/c17-15(18,19)27-13-7-3-1-5-11(13)9-25-29(23,24)26-10-12-6-2-4-8-14(12)28-16(20,21)22/h1-8H,9-10H2,(H,23,24). The van der Waals surface area contributed by atoms with Gasteiger partial charge in [-0.2, -0.15) is 0 Å². The fourth-order valence-corrected chi connectivity index (χ4v) is 2.71. The molecule has 2 aromatic rings. The lowest BCUT2D eigenvalue weighted by atomic mass is 10.2. The van der Waals surface area contributed by atoms with Gasteiger partial charge >= 0.3 is 20.5 Å². The zero-order valence-electron chi connectivity index (χ0n) is 14.2. The first kappa shape index (κ1) is 23.0. The largest absolute Gasteiger partial charge is 0.573 e. The second-order valence-corrected chi connectivity index (χ2v) is 6.78. The Hall–Kier alpha value is -2.27. The fraction of sp³-hybridized carbons (Fsp3) is 0.250. The van der Waals surface area contributed by atoms with E-state index in [9.17, 15) is 35.8 Å². The van der Waals surface area contributed by atoms with Gasteiger partial charge in [-0.1, -0.05) is 36.4 Å². The lowest BCUT2D eigenvalue weighted by Gasteiger charge is -2.16. The smallest absolute Gasteiger partial charge is 0.405 e. The summed E-state index contributed by atoms with van der Waals surface area (Å²) in [5, 5.41) is 0. The van der Waals surface area contributed by atoms with Crippen LogP contribution in [0.2, 0.25) is 0 Å². The third kappa shape index (κ3) is 8.32. The van der Waals surface area contributed by atoms with E-state index in [4.69, 9.17) is 0 Å². The van der Waals surface area contributed by atoms with Crippen LogP contribution in [0.3, 0.4) is 0 Å². The van der Waals surface area contributed by atoms with Gasteiger partial charge in [-0.05, 0) is 12.1 Å². The molecule has 0 heterocycles. The summed E-state index contributed by atoms with van der Waals surface area (Å²) in [6.07, 6.45) is -9.98. The summed E-state index contributed by atoms with van der Waals surface area (Å²) in [4.78, 5) is 9.67. The Morgan fingerprint density at radius 1 is 0.724 bits per heavy atom. The first-order valence-corrected chi connectivity index (χ1v) is 9.13. The van der Waals surface area contributed by atoms with Gasteiger partial charge < -0.3 is 14.4 Å². The molecule has 0 spiro atoms. The molecule has 2 rings (SSSR count). The number of phosphoric acid groups is 1. The average Bonchev–Trinajstić information content (AvgIpc) is 2.58. The van der Waals surface area contributed by atoms with Crippen LogP contribution in [-0.4, -0.2) is 17.6 Å². The van der Waals surface area contributed by atoms with E-state index in [2.05, 4.69) is 18.5 Å². The van der Waals surface area contributed by atoms with Crippen molar-refractivity contribution in [1.82, 2.24) is 0 Å². The number of ether oxygens (including phenoxy) is 2. The van der Waals surface area contributed by atoms with Crippen LogP contribution in [0.4, 0.5) is 26.3 Å². The number of hydrogen-bond donors (Lipinski definition) is 1. The maximum absolute atomic E-state index is 12.4. The van der Waals surface area contributed by atoms with Gasteiger partial charge in [0.25, 0.3) is 0 Å². The number of rotatable bonds is 8. The fourth-order valence-electron chi connectivity index (χ4n) is 2.03. The van der Waals surface area contributed by atoms with Gasteiger partial charge in [0.2, 0.25) is 0 Å². The van der Waals surface area contributed by atoms with Gasteiger partial charge in [-0.15, -0.1) is 26.3 Å². The van der Waals surface area contributed by atoms with E-state index in [0.29, 0.717) is 0 Å². The molecule has 0 radical (unpaired) electrons. The molecule has 0 fully saturated rings. The summed E-state index contributed by atoms with van der Waals surface area (Å²) in [6.45, 7) is -1.58. The van der Waals surface area contributed by atoms with Crippen molar-refractivity contribution < 1.29 is 54.3 Å². The molecule has 6 nitrogen and oxygen atoms in total. The molecule has 0 saturated heterocycles. The molecule has 13 heteroatoms. The van der Waals surface area contributed by atoms with Gasteiger partial charge in [0.05, 0.1) is 13.2 Å². The highest BCUT2D eigenvalue weighted by molar-refractivity contribution is 7.47. The summed E-state index contributed by atoms with van der Waals surface area (Å²) < 4.78 is 103. The first-order chi connectivity index (χ1) is 13.3. The SMILES string of the molecule is O=P(O)(OCc1ccccc1OC(F)(F)F)OCc1ccccc1OC(F)(F)F. The van der Waals surface area contributed by atoms with Gasteiger partial charge in [0.15, 0.2) is 0 Å². The van der Waals surface area contributed by atoms with Crippen molar-refractivity contribution in [1.29, 1.82) is 0 Å². The highest BCUT2D eigenvalue weighted by Crippen LogP contribution is 2.46. The summed E-state index contributed by atoms with van der Waals surface area (Å²) >= 11 is 0. The number of phosphoric ester groups is 1. The van der Waals surface area contributed by atoms with Crippen LogP contribution in [0, 0.1) is 0 Å². The molecule has 0 aromatic heterocycles. The Bertz CT molecular complexity index is 802. The minimum absolute atomic E-state index is 0.205. The van der Waals surface area contributed by atoms with E-state index in [1.54, 1.807) is 0 Å². The molecule has 0 aliphatic heterocycles. The number of halogens is 6. The Balaban J connectivity index is 2.01. The Morgan fingerprint density at radius 2 is 1.07 bits per heavy atom. The topological polar surface area (TPSA) is 74.2 Å². The Labute approximate surface area is 160 Å². The molecule has 160 valence electrons. The van der Waals surface area contributed by atoms with Crippen LogP contribution >= 0.6 is 7.82 Å². The van der Waals surface area contributed by atoms with Crippen molar-refractivity contribution in [3.8, 4) is 11.5 Å². The van der Waals surface area contributed by atoms with Crippen molar-refractivity contribution >= 4 is 7.82 Å². The van der Waals surface area contributed by atoms with Crippen molar-refractivity contribution in [2.24, 2.45) is 0 Å². The van der Waals surface area contributed by atoms with E-state index in [-0.39, 0.29) is 11.1 Å². The van der Waals surface area contributed by atoms with Gasteiger partial charge in [0, 0.05) is 11.1 Å². The summed E-state index contributed by atoms with van der Waals surface area (Å²) in [5.41, 5.74) is -0.410. The quantitative estimate of drug-likeness (QED) is 0.437. The van der Waals surface area contributed by atoms with Crippen LogP contribution < -0.4 is 9.47 Å². The van der Waals surface area contributed by atoms with E-state index in [1.165, 1.54) is 24.3 Å². The number of alkyl halides is 6. The maximum Gasteiger partial charge on any atom is 0.573 e. The third-order valence-corrected chi connectivity index (χ3v) is 4.07.